The zero-order valence-electron chi connectivity index (χ0n) is 24.5. The number of carbonyl (C=O) groups is 1. The maximum absolute atomic E-state index is 14.0. The molecule has 1 aromatic carbocycles. The van der Waals surface area contributed by atoms with Gasteiger partial charge >= 0.3 is 19.9 Å². The van der Waals surface area contributed by atoms with Gasteiger partial charge in [-0.25, -0.2) is 14.1 Å². The van der Waals surface area contributed by atoms with Gasteiger partial charge in [-0.15, -0.1) is 0 Å². The predicted octanol–water partition coefficient (Wildman–Crippen LogP) is 3.71. The van der Waals surface area contributed by atoms with Gasteiger partial charge in [-0.05, 0) is 63.8 Å². The fourth-order valence-electron chi connectivity index (χ4n) is 5.49. The maximum atomic E-state index is 14.0. The highest BCUT2D eigenvalue weighted by Crippen LogP contribution is 2.48. The third-order valence-corrected chi connectivity index (χ3v) is 9.70. The van der Waals surface area contributed by atoms with E-state index >= 15 is 0 Å². The molecule has 246 valence electrons. The molecular formula is C28H35F3N5O8P. The number of nitrogens with zero attached hydrogens (tertiary/aromatic N) is 3. The van der Waals surface area contributed by atoms with E-state index in [1.54, 1.807) is 30.3 Å². The molecule has 6 atom stereocenters. The third-order valence-electron chi connectivity index (χ3n) is 8.07. The summed E-state index contributed by atoms with van der Waals surface area (Å²) in [6.07, 6.45) is -8.07. The summed E-state index contributed by atoms with van der Waals surface area (Å²) in [5.74, 6) is -1.97. The monoisotopic (exact) mass is 657 g/mol. The molecule has 5 N–H and O–H groups in total. The van der Waals surface area contributed by atoms with E-state index in [0.29, 0.717) is 11.2 Å². The summed E-state index contributed by atoms with van der Waals surface area (Å²) in [5.41, 5.74) is 5.12. The van der Waals surface area contributed by atoms with E-state index in [2.05, 4.69) is 15.2 Å². The van der Waals surface area contributed by atoms with Crippen LogP contribution in [0.15, 0.2) is 48.8 Å². The largest absolute Gasteiger partial charge is 0.461 e. The first kappa shape index (κ1) is 33.1. The fourth-order valence-corrected chi connectivity index (χ4v) is 7.07. The molecule has 1 aliphatic heterocycles. The van der Waals surface area contributed by atoms with Crippen LogP contribution in [0, 0.1) is 5.92 Å². The number of aliphatic hydroxyl groups is 2. The molecule has 0 bridgehead atoms. The molecule has 2 aromatic heterocycles. The Kier molecular flexibility index (Phi) is 9.45. The second kappa shape index (κ2) is 12.9. The second-order valence-electron chi connectivity index (χ2n) is 11.5. The normalized spacial score (nSPS) is 29.3. The highest BCUT2D eigenvalue weighted by atomic mass is 31.2. The van der Waals surface area contributed by atoms with Gasteiger partial charge in [0.25, 0.3) is 0 Å². The Morgan fingerprint density at radius 1 is 1.20 bits per heavy atom. The molecule has 2 fully saturated rings. The summed E-state index contributed by atoms with van der Waals surface area (Å²) in [5, 5.41) is 28.6. The fraction of sp³-hybridized carbons (Fsp3) is 0.536. The number of esters is 1. The van der Waals surface area contributed by atoms with Crippen LogP contribution >= 0.6 is 7.75 Å². The van der Waals surface area contributed by atoms with Gasteiger partial charge in [-0.2, -0.15) is 23.4 Å². The molecule has 5 rings (SSSR count). The van der Waals surface area contributed by atoms with Crippen LogP contribution in [0.2, 0.25) is 0 Å². The Morgan fingerprint density at radius 2 is 1.89 bits per heavy atom. The molecule has 0 spiro atoms. The third kappa shape index (κ3) is 7.26. The van der Waals surface area contributed by atoms with Crippen LogP contribution in [-0.4, -0.2) is 73.5 Å². The Labute approximate surface area is 256 Å². The summed E-state index contributed by atoms with van der Waals surface area (Å²) >= 11 is 0. The molecule has 0 amide bonds. The van der Waals surface area contributed by atoms with Gasteiger partial charge in [0.2, 0.25) is 0 Å². The van der Waals surface area contributed by atoms with Crippen LogP contribution < -0.4 is 15.3 Å². The van der Waals surface area contributed by atoms with Crippen molar-refractivity contribution in [2.75, 3.05) is 12.3 Å². The van der Waals surface area contributed by atoms with Gasteiger partial charge < -0.3 is 29.9 Å². The highest BCUT2D eigenvalue weighted by molar-refractivity contribution is 7.52. The van der Waals surface area contributed by atoms with E-state index < -0.39 is 68.5 Å². The second-order valence-corrected chi connectivity index (χ2v) is 13.2. The molecule has 1 aliphatic carbocycles. The molecule has 45 heavy (non-hydrogen) atoms. The van der Waals surface area contributed by atoms with Crippen molar-refractivity contribution in [3.05, 3.63) is 54.5 Å². The number of para-hydroxylation sites is 1. The maximum Gasteiger partial charge on any atom is 0.459 e. The highest BCUT2D eigenvalue weighted by Gasteiger charge is 2.54. The van der Waals surface area contributed by atoms with Gasteiger partial charge in [-0.3, -0.25) is 9.32 Å². The molecule has 3 aromatic rings. The van der Waals surface area contributed by atoms with Crippen molar-refractivity contribution in [2.45, 2.75) is 81.8 Å². The number of rotatable bonds is 10. The number of carbonyl (C=O) groups excluding carboxylic acids is 1. The number of benzene rings is 1. The molecule has 3 heterocycles. The zero-order valence-corrected chi connectivity index (χ0v) is 25.4. The van der Waals surface area contributed by atoms with Crippen molar-refractivity contribution >= 4 is 25.1 Å². The summed E-state index contributed by atoms with van der Waals surface area (Å²) in [7, 11) is -4.42. The minimum absolute atomic E-state index is 0.0456. The first-order valence-corrected chi connectivity index (χ1v) is 15.9. The minimum Gasteiger partial charge on any atom is -0.461 e. The number of halogens is 3. The average Bonchev–Trinajstić information content (AvgIpc) is 3.52. The number of ether oxygens (including phenoxy) is 2. The molecule has 2 aliphatic rings. The lowest BCUT2D eigenvalue weighted by Gasteiger charge is -2.31. The van der Waals surface area contributed by atoms with E-state index in [-0.39, 0.29) is 37.3 Å². The summed E-state index contributed by atoms with van der Waals surface area (Å²) in [6.45, 7) is 2.23. The molecule has 13 nitrogen and oxygen atoms in total. The Balaban J connectivity index is 1.28. The van der Waals surface area contributed by atoms with Gasteiger partial charge in [0.1, 0.15) is 53.7 Å². The molecule has 1 saturated heterocycles. The van der Waals surface area contributed by atoms with Crippen LogP contribution in [0.1, 0.15) is 51.3 Å². The number of aliphatic hydroxyl groups excluding tert-OH is 2. The van der Waals surface area contributed by atoms with Gasteiger partial charge in [0, 0.05) is 0 Å². The van der Waals surface area contributed by atoms with Crippen molar-refractivity contribution < 1.29 is 51.3 Å². The number of nitrogen functional groups attached to an aromatic ring is 1. The lowest BCUT2D eigenvalue weighted by atomic mass is 9.87. The van der Waals surface area contributed by atoms with Crippen molar-refractivity contribution in [1.82, 2.24) is 19.7 Å². The van der Waals surface area contributed by atoms with E-state index in [1.807, 2.05) is 0 Å². The van der Waals surface area contributed by atoms with Crippen LogP contribution in [0.3, 0.4) is 0 Å². The number of nitrogens with two attached hydrogens (primary N) is 1. The standard InChI is InChI=1S/C28H35F3N5O8P/c1-16(26(39)42-18-10-8-17(9-11-18)28(29,30)31)35-45(40,44-19-6-4-3-5-7-19)41-14-27(2)24(38)22(37)23(43-27)20-12-13-21-25(32)33-15-34-36(20)21/h3-7,12-13,15-18,22-24,37-38H,8-11,14H2,1-2H3,(H,35,40)(H2,32,33,34)/t16-,17-,18-,22+,23+,24+,27-,45-/m1/s1. The SMILES string of the molecule is C[C@@H](N[P@@](=O)(OC[C@@]1(C)O[C@@H](c2ccc3c(N)ncnn23)[C@H](O)[C@@H]1O)Oc1ccccc1)C(=O)O[C@H]1CC[C@H](C(F)(F)F)CC1. The lowest BCUT2D eigenvalue weighted by Crippen LogP contribution is -2.45. The van der Waals surface area contributed by atoms with Crippen molar-refractivity contribution in [3.63, 3.8) is 0 Å². The van der Waals surface area contributed by atoms with Crippen LogP contribution in [-0.2, 0) is 23.4 Å². The number of nitrogens with one attached hydrogen (secondary N) is 1. The Bertz CT molecular complexity index is 1540. The van der Waals surface area contributed by atoms with Crippen LogP contribution in [0.4, 0.5) is 19.0 Å². The number of alkyl halides is 3. The van der Waals surface area contributed by atoms with Crippen molar-refractivity contribution in [3.8, 4) is 5.75 Å². The molecule has 0 unspecified atom stereocenters. The number of hydrogen-bond acceptors (Lipinski definition) is 11. The van der Waals surface area contributed by atoms with E-state index in [9.17, 15) is 32.7 Å². The quantitative estimate of drug-likeness (QED) is 0.184. The minimum atomic E-state index is -4.42. The number of hydrogen-bond donors (Lipinski definition) is 4. The van der Waals surface area contributed by atoms with E-state index in [0.717, 1.165) is 0 Å². The molecule has 0 radical (unpaired) electrons. The van der Waals surface area contributed by atoms with Crippen molar-refractivity contribution in [1.29, 1.82) is 0 Å². The number of aromatic nitrogens is 3. The molecular weight excluding hydrogens is 622 g/mol. The van der Waals surface area contributed by atoms with Gasteiger partial charge in [0.15, 0.2) is 5.82 Å². The summed E-state index contributed by atoms with van der Waals surface area (Å²) in [4.78, 5) is 16.8. The zero-order chi connectivity index (χ0) is 32.6. The number of fused-ring (bicyclic) bond motifs is 1. The smallest absolute Gasteiger partial charge is 0.459 e. The average molecular weight is 658 g/mol. The molecule has 1 saturated carbocycles. The lowest BCUT2D eigenvalue weighted by molar-refractivity contribution is -0.188. The first-order valence-electron chi connectivity index (χ1n) is 14.4. The number of anilines is 1. The topological polar surface area (TPSA) is 180 Å². The van der Waals surface area contributed by atoms with Gasteiger partial charge in [-0.1, -0.05) is 18.2 Å². The van der Waals surface area contributed by atoms with Gasteiger partial charge in [0.05, 0.1) is 18.2 Å². The van der Waals surface area contributed by atoms with Crippen LogP contribution in [0.25, 0.3) is 5.52 Å². The molecule has 17 heteroatoms. The first-order chi connectivity index (χ1) is 21.2. The van der Waals surface area contributed by atoms with E-state index in [1.165, 1.54) is 36.8 Å². The summed E-state index contributed by atoms with van der Waals surface area (Å²) < 4.78 is 77.4. The Morgan fingerprint density at radius 3 is 2.56 bits per heavy atom. The Hall–Kier alpha value is -3.27. The summed E-state index contributed by atoms with van der Waals surface area (Å²) in [6, 6.07) is 9.94. The van der Waals surface area contributed by atoms with Crippen molar-refractivity contribution in [2.24, 2.45) is 5.92 Å². The predicted molar refractivity (Wildman–Crippen MR) is 153 cm³/mol. The van der Waals surface area contributed by atoms with Crippen LogP contribution in [0.5, 0.6) is 5.75 Å². The van der Waals surface area contributed by atoms with E-state index in [4.69, 9.17) is 24.3 Å².